The second-order valence-corrected chi connectivity index (χ2v) is 6.75. The van der Waals surface area contributed by atoms with Gasteiger partial charge in [0.1, 0.15) is 0 Å². The zero-order valence-corrected chi connectivity index (χ0v) is 15.7. The van der Waals surface area contributed by atoms with Gasteiger partial charge in [-0.2, -0.15) is 0 Å². The molecule has 1 heterocycles. The predicted molar refractivity (Wildman–Crippen MR) is 104 cm³/mol. The molecule has 5 nitrogen and oxygen atoms in total. The summed E-state index contributed by atoms with van der Waals surface area (Å²) in [5.74, 6) is 0.874. The molecule has 3 rings (SSSR count). The molecule has 3 aromatic rings. The highest BCUT2D eigenvalue weighted by molar-refractivity contribution is 7.14. The van der Waals surface area contributed by atoms with Gasteiger partial charge in [-0.3, -0.25) is 10.1 Å². The highest BCUT2D eigenvalue weighted by Gasteiger charge is 2.11. The fraction of sp³-hybridized carbons (Fsp3) is 0.200. The Kier molecular flexibility index (Phi) is 5.53. The van der Waals surface area contributed by atoms with E-state index in [1.165, 1.54) is 16.9 Å². The van der Waals surface area contributed by atoms with E-state index >= 15 is 0 Å². The van der Waals surface area contributed by atoms with Crippen molar-refractivity contribution in [3.05, 3.63) is 59.0 Å². The quantitative estimate of drug-likeness (QED) is 0.698. The molecule has 1 amide bonds. The monoisotopic (exact) mass is 368 g/mol. The molecule has 0 bridgehead atoms. The van der Waals surface area contributed by atoms with Gasteiger partial charge in [-0.1, -0.05) is 35.9 Å². The Morgan fingerprint density at radius 3 is 2.54 bits per heavy atom. The molecule has 134 valence electrons. The first-order valence-corrected chi connectivity index (χ1v) is 9.03. The van der Waals surface area contributed by atoms with E-state index in [2.05, 4.69) is 10.3 Å². The SMILES string of the molecule is COc1cc(C)ccc1OCC(=O)Nc1nc(-c2ccc(C)cc2)cs1. The van der Waals surface area contributed by atoms with E-state index in [1.54, 1.807) is 13.2 Å². The number of aryl methyl sites for hydroxylation is 2. The van der Waals surface area contributed by atoms with Gasteiger partial charge in [0, 0.05) is 10.9 Å². The summed E-state index contributed by atoms with van der Waals surface area (Å²) in [6.45, 7) is 3.89. The fourth-order valence-corrected chi connectivity index (χ4v) is 3.12. The van der Waals surface area contributed by atoms with E-state index in [4.69, 9.17) is 9.47 Å². The maximum Gasteiger partial charge on any atom is 0.264 e. The largest absolute Gasteiger partial charge is 0.493 e. The zero-order chi connectivity index (χ0) is 18.5. The van der Waals surface area contributed by atoms with E-state index in [0.29, 0.717) is 16.6 Å². The average Bonchev–Trinajstić information content (AvgIpc) is 3.09. The van der Waals surface area contributed by atoms with Crippen molar-refractivity contribution < 1.29 is 14.3 Å². The number of thiazole rings is 1. The van der Waals surface area contributed by atoms with Crippen LogP contribution in [0.1, 0.15) is 11.1 Å². The van der Waals surface area contributed by atoms with E-state index in [1.807, 2.05) is 55.6 Å². The molecule has 2 aromatic carbocycles. The van der Waals surface area contributed by atoms with E-state index in [9.17, 15) is 4.79 Å². The number of hydrogen-bond acceptors (Lipinski definition) is 5. The molecule has 0 unspecified atom stereocenters. The number of methoxy groups -OCH3 is 1. The highest BCUT2D eigenvalue weighted by Crippen LogP contribution is 2.28. The summed E-state index contributed by atoms with van der Waals surface area (Å²) < 4.78 is 10.8. The summed E-state index contributed by atoms with van der Waals surface area (Å²) in [6, 6.07) is 13.7. The lowest BCUT2D eigenvalue weighted by Crippen LogP contribution is -2.20. The Morgan fingerprint density at radius 2 is 1.81 bits per heavy atom. The minimum atomic E-state index is -0.266. The maximum atomic E-state index is 12.1. The predicted octanol–water partition coefficient (Wildman–Crippen LogP) is 4.45. The number of aromatic nitrogens is 1. The van der Waals surface area contributed by atoms with Crippen molar-refractivity contribution in [2.45, 2.75) is 13.8 Å². The van der Waals surface area contributed by atoms with Crippen molar-refractivity contribution >= 4 is 22.4 Å². The molecule has 1 aromatic heterocycles. The minimum absolute atomic E-state index is 0.112. The van der Waals surface area contributed by atoms with Crippen LogP contribution in [0.5, 0.6) is 11.5 Å². The van der Waals surface area contributed by atoms with Crippen LogP contribution in [0.3, 0.4) is 0 Å². The van der Waals surface area contributed by atoms with Crippen molar-refractivity contribution in [2.75, 3.05) is 19.0 Å². The van der Waals surface area contributed by atoms with Gasteiger partial charge in [0.2, 0.25) is 0 Å². The molecule has 0 aliphatic heterocycles. The van der Waals surface area contributed by atoms with E-state index in [0.717, 1.165) is 16.8 Å². The molecule has 0 saturated heterocycles. The molecule has 0 aliphatic rings. The summed E-state index contributed by atoms with van der Waals surface area (Å²) in [6.07, 6.45) is 0. The van der Waals surface area contributed by atoms with Crippen LogP contribution in [0.25, 0.3) is 11.3 Å². The second kappa shape index (κ2) is 8.01. The lowest BCUT2D eigenvalue weighted by Gasteiger charge is -2.10. The van der Waals surface area contributed by atoms with Crippen molar-refractivity contribution in [1.29, 1.82) is 0 Å². The number of benzene rings is 2. The third-order valence-corrected chi connectivity index (χ3v) is 4.53. The van der Waals surface area contributed by atoms with Gasteiger partial charge >= 0.3 is 0 Å². The molecule has 0 radical (unpaired) electrons. The molecule has 0 aliphatic carbocycles. The lowest BCUT2D eigenvalue weighted by atomic mass is 10.1. The van der Waals surface area contributed by atoms with Crippen LogP contribution in [0.15, 0.2) is 47.8 Å². The Bertz CT molecular complexity index is 904. The van der Waals surface area contributed by atoms with Crippen LogP contribution in [0.2, 0.25) is 0 Å². The average molecular weight is 368 g/mol. The Labute approximate surface area is 156 Å². The standard InChI is InChI=1S/C20H20N2O3S/c1-13-4-7-15(8-5-13)16-12-26-20(21-16)22-19(23)11-25-17-9-6-14(2)10-18(17)24-3/h4-10,12H,11H2,1-3H3,(H,21,22,23). The highest BCUT2D eigenvalue weighted by atomic mass is 32.1. The van der Waals surface area contributed by atoms with Crippen LogP contribution in [-0.4, -0.2) is 24.6 Å². The van der Waals surface area contributed by atoms with Crippen LogP contribution in [0.4, 0.5) is 5.13 Å². The number of carbonyl (C=O) groups excluding carboxylic acids is 1. The van der Waals surface area contributed by atoms with Crippen LogP contribution >= 0.6 is 11.3 Å². The normalized spacial score (nSPS) is 10.4. The van der Waals surface area contributed by atoms with E-state index < -0.39 is 0 Å². The number of amides is 1. The molecule has 6 heteroatoms. The molecular weight excluding hydrogens is 348 g/mol. The third-order valence-electron chi connectivity index (χ3n) is 3.78. The van der Waals surface area contributed by atoms with Crippen molar-refractivity contribution in [3.63, 3.8) is 0 Å². The molecule has 26 heavy (non-hydrogen) atoms. The van der Waals surface area contributed by atoms with Crippen molar-refractivity contribution in [2.24, 2.45) is 0 Å². The summed E-state index contributed by atoms with van der Waals surface area (Å²) in [5.41, 5.74) is 4.12. The number of nitrogens with one attached hydrogen (secondary N) is 1. The van der Waals surface area contributed by atoms with Crippen molar-refractivity contribution in [3.8, 4) is 22.8 Å². The minimum Gasteiger partial charge on any atom is -0.493 e. The summed E-state index contributed by atoms with van der Waals surface area (Å²) in [4.78, 5) is 16.6. The first-order chi connectivity index (χ1) is 12.5. The van der Waals surface area contributed by atoms with Gasteiger partial charge in [-0.15, -0.1) is 11.3 Å². The summed E-state index contributed by atoms with van der Waals surface area (Å²) in [5, 5.41) is 5.23. The van der Waals surface area contributed by atoms with Crippen molar-refractivity contribution in [1.82, 2.24) is 4.98 Å². The number of hydrogen-bond donors (Lipinski definition) is 1. The smallest absolute Gasteiger partial charge is 0.264 e. The molecule has 0 atom stereocenters. The molecule has 1 N–H and O–H groups in total. The zero-order valence-electron chi connectivity index (χ0n) is 14.9. The Morgan fingerprint density at radius 1 is 1.08 bits per heavy atom. The third kappa shape index (κ3) is 4.40. The van der Waals surface area contributed by atoms with Crippen LogP contribution in [0, 0.1) is 13.8 Å². The summed E-state index contributed by atoms with van der Waals surface area (Å²) >= 11 is 1.38. The Hall–Kier alpha value is -2.86. The molecule has 0 saturated carbocycles. The molecular formula is C20H20N2O3S. The maximum absolute atomic E-state index is 12.1. The van der Waals surface area contributed by atoms with E-state index in [-0.39, 0.29) is 12.5 Å². The number of carbonyl (C=O) groups is 1. The van der Waals surface area contributed by atoms with Gasteiger partial charge < -0.3 is 9.47 Å². The molecule has 0 spiro atoms. The number of nitrogens with zero attached hydrogens (tertiary/aromatic N) is 1. The first-order valence-electron chi connectivity index (χ1n) is 8.15. The van der Waals surface area contributed by atoms with Gasteiger partial charge in [0.15, 0.2) is 23.2 Å². The van der Waals surface area contributed by atoms with Crippen LogP contribution in [-0.2, 0) is 4.79 Å². The first kappa shape index (κ1) is 17.9. The van der Waals surface area contributed by atoms with Gasteiger partial charge in [-0.05, 0) is 31.5 Å². The van der Waals surface area contributed by atoms with Gasteiger partial charge in [0.25, 0.3) is 5.91 Å². The topological polar surface area (TPSA) is 60.5 Å². The number of anilines is 1. The lowest BCUT2D eigenvalue weighted by molar-refractivity contribution is -0.118. The molecule has 0 fully saturated rings. The van der Waals surface area contributed by atoms with Gasteiger partial charge in [0.05, 0.1) is 12.8 Å². The fourth-order valence-electron chi connectivity index (χ4n) is 2.38. The van der Waals surface area contributed by atoms with Gasteiger partial charge in [-0.25, -0.2) is 4.98 Å². The summed E-state index contributed by atoms with van der Waals surface area (Å²) in [7, 11) is 1.57. The van der Waals surface area contributed by atoms with Crippen LogP contribution < -0.4 is 14.8 Å². The number of ether oxygens (including phenoxy) is 2. The Balaban J connectivity index is 1.60. The number of rotatable bonds is 6. The second-order valence-electron chi connectivity index (χ2n) is 5.90.